The first kappa shape index (κ1) is 22.9. The van der Waals surface area contributed by atoms with Crippen LogP contribution in [0.2, 0.25) is 10.0 Å². The van der Waals surface area contributed by atoms with Crippen LogP contribution in [0.3, 0.4) is 0 Å². The maximum Gasteiger partial charge on any atom is 0.417 e. The zero-order chi connectivity index (χ0) is 20.8. The van der Waals surface area contributed by atoms with E-state index >= 15 is 0 Å². The quantitative estimate of drug-likeness (QED) is 0.381. The van der Waals surface area contributed by atoms with Gasteiger partial charge in [0.15, 0.2) is 5.75 Å². The molecule has 5 nitrogen and oxygen atoms in total. The van der Waals surface area contributed by atoms with Gasteiger partial charge in [0, 0.05) is 16.7 Å². The Kier molecular flexibility index (Phi) is 8.20. The molecule has 0 saturated heterocycles. The summed E-state index contributed by atoms with van der Waals surface area (Å²) in [5.74, 6) is -0.555. The van der Waals surface area contributed by atoms with Crippen LogP contribution in [-0.4, -0.2) is 14.1 Å². The molecular formula is C15H10Cl2F4N2O3S. The topological polar surface area (TPSA) is 79.6 Å². The molecule has 0 aliphatic carbocycles. The summed E-state index contributed by atoms with van der Waals surface area (Å²) in [4.78, 5) is 4.99. The monoisotopic (exact) mass is 444 g/mol. The fourth-order valence-electron chi connectivity index (χ4n) is 1.77. The normalized spacial score (nSPS) is 11.4. The number of hydrogen-bond acceptors (Lipinski definition) is 5. The summed E-state index contributed by atoms with van der Waals surface area (Å²) in [5.41, 5.74) is -1.14. The largest absolute Gasteiger partial charge is 0.417 e. The van der Waals surface area contributed by atoms with Crippen LogP contribution in [0.1, 0.15) is 18.1 Å². The van der Waals surface area contributed by atoms with E-state index in [0.29, 0.717) is 0 Å². The van der Waals surface area contributed by atoms with Crippen LogP contribution in [0, 0.1) is 10.6 Å². The Morgan fingerprint density at radius 3 is 2.26 bits per heavy atom. The van der Waals surface area contributed by atoms with Gasteiger partial charge in [0.25, 0.3) is 0 Å². The second-order valence-corrected chi connectivity index (χ2v) is 6.08. The second-order valence-electron chi connectivity index (χ2n) is 4.77. The first-order valence-corrected chi connectivity index (χ1v) is 8.59. The van der Waals surface area contributed by atoms with Crippen LogP contribution < -0.4 is 4.84 Å². The van der Waals surface area contributed by atoms with Gasteiger partial charge in [-0.1, -0.05) is 28.4 Å². The molecule has 2 aromatic rings. The number of alkyl halides is 3. The van der Waals surface area contributed by atoms with Crippen LogP contribution >= 0.6 is 23.2 Å². The molecule has 0 saturated carbocycles. The van der Waals surface area contributed by atoms with E-state index in [-0.39, 0.29) is 27.1 Å². The summed E-state index contributed by atoms with van der Waals surface area (Å²) in [6.45, 7) is 1.34. The van der Waals surface area contributed by atoms with Gasteiger partial charge in [0.1, 0.15) is 5.82 Å². The Bertz CT molecular complexity index is 958. The summed E-state index contributed by atoms with van der Waals surface area (Å²) in [6, 6.07) is 6.62. The lowest BCUT2D eigenvalue weighted by Crippen LogP contribution is -2.12. The first-order chi connectivity index (χ1) is 12.4. The van der Waals surface area contributed by atoms with Gasteiger partial charge in [-0.25, -0.2) is 4.39 Å². The highest BCUT2D eigenvalue weighted by Crippen LogP contribution is 2.33. The molecule has 0 unspecified atom stereocenters. The summed E-state index contributed by atoms with van der Waals surface area (Å²) < 4.78 is 74.9. The molecule has 0 spiro atoms. The Labute approximate surface area is 162 Å². The molecule has 1 N–H and O–H groups in total. The van der Waals surface area contributed by atoms with Gasteiger partial charge in [-0.15, -0.1) is 0 Å². The lowest BCUT2D eigenvalue weighted by atomic mass is 10.0. The molecule has 12 heteroatoms. The third kappa shape index (κ3) is 7.53. The molecular weight excluding hydrogens is 435 g/mol. The summed E-state index contributed by atoms with van der Waals surface area (Å²) >= 11 is 11.3. The highest BCUT2D eigenvalue weighted by molar-refractivity contribution is 7.60. The molecule has 146 valence electrons. The third-order valence-corrected chi connectivity index (χ3v) is 3.38. The van der Waals surface area contributed by atoms with Crippen LogP contribution in [0.5, 0.6) is 5.75 Å². The van der Waals surface area contributed by atoms with Crippen molar-refractivity contribution in [2.24, 2.45) is 5.16 Å². The molecule has 0 bridgehead atoms. The first-order valence-electron chi connectivity index (χ1n) is 6.76. The lowest BCUT2D eigenvalue weighted by Gasteiger charge is -2.12. The van der Waals surface area contributed by atoms with Crippen LogP contribution in [0.4, 0.5) is 17.6 Å². The zero-order valence-corrected chi connectivity index (χ0v) is 15.6. The van der Waals surface area contributed by atoms with Gasteiger partial charge >= 0.3 is 16.7 Å². The summed E-state index contributed by atoms with van der Waals surface area (Å²) in [7, 11) is -2.61. The van der Waals surface area contributed by atoms with Crippen molar-refractivity contribution in [3.8, 4) is 5.75 Å². The summed E-state index contributed by atoms with van der Waals surface area (Å²) in [6.07, 6.45) is -4.56. The van der Waals surface area contributed by atoms with E-state index in [1.807, 2.05) is 0 Å². The highest BCUT2D eigenvalue weighted by Gasteiger charge is 2.34. The van der Waals surface area contributed by atoms with Gasteiger partial charge in [0.2, 0.25) is 0 Å². The molecule has 0 fully saturated rings. The summed E-state index contributed by atoms with van der Waals surface area (Å²) in [5, 5.41) is 3.57. The molecule has 2 rings (SSSR count). The fraction of sp³-hybridized carbons (Fsp3) is 0.133. The smallest absolute Gasteiger partial charge is 0.357 e. The van der Waals surface area contributed by atoms with Gasteiger partial charge < -0.3 is 4.84 Å². The van der Waals surface area contributed by atoms with Gasteiger partial charge in [0.05, 0.1) is 16.3 Å². The molecule has 0 atom stereocenters. The molecule has 0 aliphatic rings. The van der Waals surface area contributed by atoms with Crippen molar-refractivity contribution in [1.82, 2.24) is 0 Å². The fourth-order valence-corrected chi connectivity index (χ4v) is 2.11. The number of nitrogens with one attached hydrogen (secondary N) is 1. The molecule has 2 aromatic carbocycles. The SMILES string of the molecule is C/C(=N\Oc1ccc(F)c(Cl)c1)c1cc(Cl)ccc1C(F)(F)F.N=S(=O)=O. The minimum atomic E-state index is -4.56. The Morgan fingerprint density at radius 1 is 1.15 bits per heavy atom. The van der Waals surface area contributed by atoms with Gasteiger partial charge in [-0.2, -0.15) is 26.4 Å². The average molecular weight is 445 g/mol. The van der Waals surface area contributed by atoms with Crippen LogP contribution in [0.25, 0.3) is 0 Å². The number of benzene rings is 2. The Balaban J connectivity index is 0.000000828. The predicted molar refractivity (Wildman–Crippen MR) is 92.3 cm³/mol. The van der Waals surface area contributed by atoms with Crippen molar-refractivity contribution < 1.29 is 30.8 Å². The number of halogens is 6. The lowest BCUT2D eigenvalue weighted by molar-refractivity contribution is -0.137. The van der Waals surface area contributed by atoms with Crippen LogP contribution in [0.15, 0.2) is 41.6 Å². The van der Waals surface area contributed by atoms with E-state index in [2.05, 4.69) is 5.16 Å². The number of nitrogens with zero attached hydrogens (tertiary/aromatic N) is 1. The second kappa shape index (κ2) is 9.67. The van der Waals surface area contributed by atoms with Crippen molar-refractivity contribution in [2.75, 3.05) is 0 Å². The maximum atomic E-state index is 13.0. The van der Waals surface area contributed by atoms with Crippen molar-refractivity contribution in [3.05, 3.63) is 63.4 Å². The minimum absolute atomic E-state index is 0.0414. The molecule has 0 aromatic heterocycles. The molecule has 0 amide bonds. The van der Waals surface area contributed by atoms with E-state index in [0.717, 1.165) is 30.3 Å². The van der Waals surface area contributed by atoms with Gasteiger partial charge in [-0.05, 0) is 37.3 Å². The molecule has 0 aliphatic heterocycles. The molecule has 0 heterocycles. The van der Waals surface area contributed by atoms with E-state index in [9.17, 15) is 17.6 Å². The van der Waals surface area contributed by atoms with E-state index < -0.39 is 28.1 Å². The number of hydrogen-bond donors (Lipinski definition) is 1. The Morgan fingerprint density at radius 2 is 1.74 bits per heavy atom. The van der Waals surface area contributed by atoms with E-state index in [4.69, 9.17) is 41.2 Å². The zero-order valence-electron chi connectivity index (χ0n) is 13.3. The van der Waals surface area contributed by atoms with E-state index in [1.165, 1.54) is 13.0 Å². The van der Waals surface area contributed by atoms with Crippen molar-refractivity contribution in [3.63, 3.8) is 0 Å². The van der Waals surface area contributed by atoms with Crippen molar-refractivity contribution in [1.29, 1.82) is 4.78 Å². The third-order valence-electron chi connectivity index (χ3n) is 2.86. The highest BCUT2D eigenvalue weighted by atomic mass is 35.5. The average Bonchev–Trinajstić information content (AvgIpc) is 2.54. The molecule has 0 radical (unpaired) electrons. The predicted octanol–water partition coefficient (Wildman–Crippen LogP) is 5.58. The maximum absolute atomic E-state index is 13.0. The van der Waals surface area contributed by atoms with Gasteiger partial charge in [-0.3, -0.25) is 0 Å². The van der Waals surface area contributed by atoms with E-state index in [1.54, 1.807) is 0 Å². The van der Waals surface area contributed by atoms with Crippen molar-refractivity contribution in [2.45, 2.75) is 13.1 Å². The minimum Gasteiger partial charge on any atom is -0.357 e. The van der Waals surface area contributed by atoms with Crippen molar-refractivity contribution >= 4 is 39.4 Å². The Hall–Kier alpha value is -2.17. The number of oxime groups is 1. The van der Waals surface area contributed by atoms with Crippen LogP contribution in [-0.2, 0) is 16.7 Å². The molecule has 27 heavy (non-hydrogen) atoms. The number of rotatable bonds is 3. The standard InChI is InChI=1S/C15H9Cl2F4NO.HNO2S/c1-8(22-23-10-3-5-14(18)13(17)7-10)11-6-9(16)2-4-12(11)15(19,20)21;1-4(2)3/h2-7H,1H3;1H/b22-8+;.